The molecule has 158 valence electrons. The second-order valence-corrected chi connectivity index (χ2v) is 7.72. The number of amides is 1. The quantitative estimate of drug-likeness (QED) is 0.367. The van der Waals surface area contributed by atoms with Crippen LogP contribution in [0.2, 0.25) is 5.02 Å². The maximum absolute atomic E-state index is 11.3. The summed E-state index contributed by atoms with van der Waals surface area (Å²) in [5, 5.41) is 3.61. The van der Waals surface area contributed by atoms with Crippen molar-refractivity contribution in [3.63, 3.8) is 0 Å². The molecule has 0 aliphatic rings. The highest BCUT2D eigenvalue weighted by Crippen LogP contribution is 2.26. The second kappa shape index (κ2) is 10.3. The highest BCUT2D eigenvalue weighted by molar-refractivity contribution is 6.32. The van der Waals surface area contributed by atoms with Crippen LogP contribution in [0.25, 0.3) is 11.0 Å². The highest BCUT2D eigenvalue weighted by atomic mass is 35.5. The third-order valence-electron chi connectivity index (χ3n) is 5.00. The normalized spacial score (nSPS) is 10.9. The van der Waals surface area contributed by atoms with E-state index in [0.717, 1.165) is 64.6 Å². The SMILES string of the molecule is C=CC(=O)NCCCc1nc2ccccc2n1CCCOc1cc(C)c(Cl)c(C)c1. The molecule has 0 saturated heterocycles. The van der Waals surface area contributed by atoms with Gasteiger partial charge in [-0.3, -0.25) is 4.79 Å². The van der Waals surface area contributed by atoms with Crippen LogP contribution in [-0.2, 0) is 17.8 Å². The number of carbonyl (C=O) groups is 1. The van der Waals surface area contributed by atoms with Crippen LogP contribution >= 0.6 is 11.6 Å². The number of carbonyl (C=O) groups excluding carboxylic acids is 1. The largest absolute Gasteiger partial charge is 0.494 e. The lowest BCUT2D eigenvalue weighted by Crippen LogP contribution is -2.22. The molecular weight excluding hydrogens is 398 g/mol. The first-order valence-corrected chi connectivity index (χ1v) is 10.6. The lowest BCUT2D eigenvalue weighted by atomic mass is 10.1. The molecule has 0 spiro atoms. The minimum absolute atomic E-state index is 0.145. The topological polar surface area (TPSA) is 56.2 Å². The van der Waals surface area contributed by atoms with Gasteiger partial charge in [0, 0.05) is 24.5 Å². The minimum atomic E-state index is -0.145. The van der Waals surface area contributed by atoms with Crippen LogP contribution in [0.3, 0.4) is 0 Å². The average molecular weight is 426 g/mol. The summed E-state index contributed by atoms with van der Waals surface area (Å²) in [6.07, 6.45) is 3.77. The van der Waals surface area contributed by atoms with E-state index in [9.17, 15) is 4.79 Å². The molecule has 3 aromatic rings. The standard InChI is InChI=1S/C24H28ClN3O2/c1-4-23(29)26-12-7-11-22-27-20-9-5-6-10-21(20)28(22)13-8-14-30-19-15-17(2)24(25)18(3)16-19/h4-6,9-10,15-16H,1,7-8,11-14H2,2-3H3,(H,26,29). The lowest BCUT2D eigenvalue weighted by molar-refractivity contribution is -0.116. The van der Waals surface area contributed by atoms with E-state index in [4.69, 9.17) is 21.3 Å². The second-order valence-electron chi connectivity index (χ2n) is 7.34. The molecule has 0 radical (unpaired) electrons. The Hall–Kier alpha value is -2.79. The van der Waals surface area contributed by atoms with Crippen molar-refractivity contribution < 1.29 is 9.53 Å². The van der Waals surface area contributed by atoms with Crippen LogP contribution in [0.1, 0.15) is 29.8 Å². The van der Waals surface area contributed by atoms with Gasteiger partial charge in [0.15, 0.2) is 0 Å². The third kappa shape index (κ3) is 5.42. The summed E-state index contributed by atoms with van der Waals surface area (Å²) < 4.78 is 8.22. The number of fused-ring (bicyclic) bond motifs is 1. The molecule has 0 fully saturated rings. The molecule has 0 atom stereocenters. The predicted octanol–water partition coefficient (Wildman–Crippen LogP) is 5.01. The van der Waals surface area contributed by atoms with Crippen molar-refractivity contribution in [1.29, 1.82) is 0 Å². The predicted molar refractivity (Wildman–Crippen MR) is 122 cm³/mol. The number of halogens is 1. The lowest BCUT2D eigenvalue weighted by Gasteiger charge is -2.12. The molecule has 1 amide bonds. The van der Waals surface area contributed by atoms with Crippen LogP contribution in [0.5, 0.6) is 5.75 Å². The van der Waals surface area contributed by atoms with Gasteiger partial charge in [-0.25, -0.2) is 4.98 Å². The van der Waals surface area contributed by atoms with Gasteiger partial charge in [0.05, 0.1) is 17.6 Å². The molecule has 30 heavy (non-hydrogen) atoms. The molecule has 1 heterocycles. The van der Waals surface area contributed by atoms with Crippen molar-refractivity contribution >= 4 is 28.5 Å². The fourth-order valence-electron chi connectivity index (χ4n) is 3.50. The molecule has 5 nitrogen and oxygen atoms in total. The summed E-state index contributed by atoms with van der Waals surface area (Å²) in [7, 11) is 0. The fraction of sp³-hybridized carbons (Fsp3) is 0.333. The van der Waals surface area contributed by atoms with E-state index in [0.29, 0.717) is 13.2 Å². The third-order valence-corrected chi connectivity index (χ3v) is 5.60. The van der Waals surface area contributed by atoms with Gasteiger partial charge in [-0.1, -0.05) is 30.3 Å². The Morgan fingerprint density at radius 1 is 1.23 bits per heavy atom. The molecule has 0 aliphatic heterocycles. The van der Waals surface area contributed by atoms with Gasteiger partial charge in [-0.15, -0.1) is 0 Å². The maximum Gasteiger partial charge on any atom is 0.243 e. The number of nitrogens with one attached hydrogen (secondary N) is 1. The van der Waals surface area contributed by atoms with Gasteiger partial charge in [0.1, 0.15) is 11.6 Å². The molecule has 6 heteroatoms. The molecule has 0 bridgehead atoms. The van der Waals surface area contributed by atoms with E-state index in [1.54, 1.807) is 0 Å². The number of aryl methyl sites for hydroxylation is 4. The Bertz CT molecular complexity index is 1020. The Kier molecular flexibility index (Phi) is 7.52. The summed E-state index contributed by atoms with van der Waals surface area (Å²) in [5.41, 5.74) is 4.17. The van der Waals surface area contributed by atoms with E-state index < -0.39 is 0 Å². The van der Waals surface area contributed by atoms with Gasteiger partial charge in [0.2, 0.25) is 5.91 Å². The zero-order chi connectivity index (χ0) is 21.5. The monoisotopic (exact) mass is 425 g/mol. The molecule has 1 aromatic heterocycles. The molecule has 1 N–H and O–H groups in total. The number of hydrogen-bond acceptors (Lipinski definition) is 3. The van der Waals surface area contributed by atoms with Crippen LogP contribution in [-0.4, -0.2) is 28.6 Å². The Balaban J connectivity index is 1.61. The molecule has 0 aliphatic carbocycles. The summed E-state index contributed by atoms with van der Waals surface area (Å²) in [6.45, 7) is 9.49. The van der Waals surface area contributed by atoms with Gasteiger partial charge in [-0.05, 0) is 68.2 Å². The van der Waals surface area contributed by atoms with Crippen molar-refractivity contribution in [1.82, 2.24) is 14.9 Å². The van der Waals surface area contributed by atoms with Gasteiger partial charge >= 0.3 is 0 Å². The van der Waals surface area contributed by atoms with E-state index in [-0.39, 0.29) is 5.91 Å². The first-order valence-electron chi connectivity index (χ1n) is 10.2. The number of aromatic nitrogens is 2. The van der Waals surface area contributed by atoms with Crippen LogP contribution in [0.4, 0.5) is 0 Å². The molecule has 0 unspecified atom stereocenters. The van der Waals surface area contributed by atoms with Crippen molar-refractivity contribution in [2.24, 2.45) is 0 Å². The number of nitrogens with zero attached hydrogens (tertiary/aromatic N) is 2. The zero-order valence-corrected chi connectivity index (χ0v) is 18.3. The van der Waals surface area contributed by atoms with Crippen LogP contribution in [0.15, 0.2) is 49.1 Å². The highest BCUT2D eigenvalue weighted by Gasteiger charge is 2.10. The number of imidazole rings is 1. The minimum Gasteiger partial charge on any atom is -0.494 e. The Morgan fingerprint density at radius 2 is 1.97 bits per heavy atom. The number of hydrogen-bond donors (Lipinski definition) is 1. The summed E-state index contributed by atoms with van der Waals surface area (Å²) in [5.74, 6) is 1.73. The molecule has 3 rings (SSSR count). The maximum atomic E-state index is 11.3. The van der Waals surface area contributed by atoms with E-state index in [2.05, 4.69) is 22.5 Å². The summed E-state index contributed by atoms with van der Waals surface area (Å²) in [6, 6.07) is 12.1. The number of rotatable bonds is 10. The molecular formula is C24H28ClN3O2. The molecule has 2 aromatic carbocycles. The van der Waals surface area contributed by atoms with Crippen molar-refractivity contribution in [2.45, 2.75) is 39.7 Å². The first kappa shape index (κ1) is 21.9. The van der Waals surface area contributed by atoms with E-state index in [1.807, 2.05) is 44.2 Å². The number of benzene rings is 2. The fourth-order valence-corrected chi connectivity index (χ4v) is 3.61. The first-order chi connectivity index (χ1) is 14.5. The van der Waals surface area contributed by atoms with Crippen LogP contribution in [0, 0.1) is 13.8 Å². The van der Waals surface area contributed by atoms with Gasteiger partial charge in [-0.2, -0.15) is 0 Å². The Morgan fingerprint density at radius 3 is 2.70 bits per heavy atom. The van der Waals surface area contributed by atoms with Crippen molar-refractivity contribution in [2.75, 3.05) is 13.2 Å². The number of para-hydroxylation sites is 2. The van der Waals surface area contributed by atoms with Crippen LogP contribution < -0.4 is 10.1 Å². The average Bonchev–Trinajstić information content (AvgIpc) is 3.09. The van der Waals surface area contributed by atoms with E-state index >= 15 is 0 Å². The van der Waals surface area contributed by atoms with Crippen molar-refractivity contribution in [3.05, 3.63) is 71.0 Å². The van der Waals surface area contributed by atoms with Crippen molar-refractivity contribution in [3.8, 4) is 5.75 Å². The zero-order valence-electron chi connectivity index (χ0n) is 17.6. The van der Waals surface area contributed by atoms with E-state index in [1.165, 1.54) is 6.08 Å². The van der Waals surface area contributed by atoms with Gasteiger partial charge in [0.25, 0.3) is 0 Å². The smallest absolute Gasteiger partial charge is 0.243 e. The Labute approximate surface area is 182 Å². The van der Waals surface area contributed by atoms with Gasteiger partial charge < -0.3 is 14.6 Å². The summed E-state index contributed by atoms with van der Waals surface area (Å²) in [4.78, 5) is 16.1. The molecule has 0 saturated carbocycles. The summed E-state index contributed by atoms with van der Waals surface area (Å²) >= 11 is 6.24. The number of ether oxygens (including phenoxy) is 1.